The molecule has 0 bridgehead atoms. The molecule has 20 heavy (non-hydrogen) atoms. The molecular weight excluding hydrogens is 256 g/mol. The van der Waals surface area contributed by atoms with Gasteiger partial charge >= 0.3 is 0 Å². The second-order valence-corrected chi connectivity index (χ2v) is 4.06. The van der Waals surface area contributed by atoms with Gasteiger partial charge < -0.3 is 14.8 Å². The van der Waals surface area contributed by atoms with Crippen molar-refractivity contribution >= 4 is 11.6 Å². The molecule has 5 heteroatoms. The molecule has 104 valence electrons. The van der Waals surface area contributed by atoms with Gasteiger partial charge in [0.2, 0.25) is 0 Å². The van der Waals surface area contributed by atoms with Gasteiger partial charge in [-0.2, -0.15) is 0 Å². The molecule has 2 rings (SSSR count). The first kappa shape index (κ1) is 14.0. The Morgan fingerprint density at radius 2 is 1.80 bits per heavy atom. The van der Waals surface area contributed by atoms with Crippen molar-refractivity contribution in [2.75, 3.05) is 25.6 Å². The number of nitrogens with one attached hydrogen (secondary N) is 1. The number of carbonyl (C=O) groups excluding carboxylic acids is 1. The third-order valence-electron chi connectivity index (χ3n) is 2.61. The van der Waals surface area contributed by atoms with Crippen LogP contribution in [0, 0.1) is 0 Å². The lowest BCUT2D eigenvalue weighted by molar-refractivity contribution is 0.102. The van der Waals surface area contributed by atoms with E-state index in [1.54, 1.807) is 55.9 Å². The van der Waals surface area contributed by atoms with Crippen molar-refractivity contribution in [3.05, 3.63) is 54.4 Å². The quantitative estimate of drug-likeness (QED) is 0.820. The summed E-state index contributed by atoms with van der Waals surface area (Å²) in [5.74, 6) is 0.574. The maximum absolute atomic E-state index is 11.9. The SMILES string of the molecule is COCCOc1ccc(NC(=O)c2ccncc2)cc1. The van der Waals surface area contributed by atoms with Crippen LogP contribution >= 0.6 is 0 Å². The number of anilines is 1. The Labute approximate surface area is 117 Å². The number of hydrogen-bond acceptors (Lipinski definition) is 4. The third kappa shape index (κ3) is 4.07. The summed E-state index contributed by atoms with van der Waals surface area (Å²) in [6.07, 6.45) is 3.17. The fourth-order valence-corrected chi connectivity index (χ4v) is 1.58. The first-order valence-corrected chi connectivity index (χ1v) is 6.23. The molecule has 1 N–H and O–H groups in total. The van der Waals surface area contributed by atoms with Crippen molar-refractivity contribution in [3.63, 3.8) is 0 Å². The van der Waals surface area contributed by atoms with Gasteiger partial charge in [-0.05, 0) is 36.4 Å². The van der Waals surface area contributed by atoms with Gasteiger partial charge in [-0.25, -0.2) is 0 Å². The number of methoxy groups -OCH3 is 1. The number of hydrogen-bond donors (Lipinski definition) is 1. The van der Waals surface area contributed by atoms with Gasteiger partial charge in [0.1, 0.15) is 12.4 Å². The summed E-state index contributed by atoms with van der Waals surface area (Å²) >= 11 is 0. The number of ether oxygens (including phenoxy) is 2. The summed E-state index contributed by atoms with van der Waals surface area (Å²) in [5, 5.41) is 2.81. The van der Waals surface area contributed by atoms with Crippen LogP contribution in [0.2, 0.25) is 0 Å². The average molecular weight is 272 g/mol. The zero-order chi connectivity index (χ0) is 14.2. The number of amides is 1. The van der Waals surface area contributed by atoms with E-state index in [0.29, 0.717) is 24.5 Å². The normalized spacial score (nSPS) is 10.1. The lowest BCUT2D eigenvalue weighted by Gasteiger charge is -2.08. The molecule has 1 aromatic heterocycles. The summed E-state index contributed by atoms with van der Waals surface area (Å²) < 4.78 is 10.3. The van der Waals surface area contributed by atoms with Gasteiger partial charge in [-0.1, -0.05) is 0 Å². The third-order valence-corrected chi connectivity index (χ3v) is 2.61. The van der Waals surface area contributed by atoms with Gasteiger partial charge in [0.15, 0.2) is 0 Å². The molecule has 0 spiro atoms. The predicted molar refractivity (Wildman–Crippen MR) is 76.0 cm³/mol. The minimum Gasteiger partial charge on any atom is -0.491 e. The highest BCUT2D eigenvalue weighted by molar-refractivity contribution is 6.04. The molecule has 5 nitrogen and oxygen atoms in total. The van der Waals surface area contributed by atoms with Gasteiger partial charge in [0.05, 0.1) is 6.61 Å². The molecule has 0 unspecified atom stereocenters. The fourth-order valence-electron chi connectivity index (χ4n) is 1.58. The van der Waals surface area contributed by atoms with Crippen LogP contribution in [0.25, 0.3) is 0 Å². The van der Waals surface area contributed by atoms with Crippen LogP contribution in [0.4, 0.5) is 5.69 Å². The van der Waals surface area contributed by atoms with Crippen LogP contribution in [-0.4, -0.2) is 31.2 Å². The highest BCUT2D eigenvalue weighted by Crippen LogP contribution is 2.16. The summed E-state index contributed by atoms with van der Waals surface area (Å²) in [4.78, 5) is 15.8. The molecule has 0 atom stereocenters. The lowest BCUT2D eigenvalue weighted by Crippen LogP contribution is -2.11. The van der Waals surface area contributed by atoms with Crippen molar-refractivity contribution in [1.82, 2.24) is 4.98 Å². The average Bonchev–Trinajstić information content (AvgIpc) is 2.50. The molecule has 0 saturated heterocycles. The molecule has 0 aliphatic heterocycles. The van der Waals surface area contributed by atoms with Crippen molar-refractivity contribution in [2.24, 2.45) is 0 Å². The molecule has 0 radical (unpaired) electrons. The number of nitrogens with zero attached hydrogens (tertiary/aromatic N) is 1. The molecule has 1 amide bonds. The number of benzene rings is 1. The minimum atomic E-state index is -0.166. The first-order chi connectivity index (χ1) is 9.79. The Kier molecular flexibility index (Phi) is 5.08. The Bertz CT molecular complexity index is 541. The molecule has 1 aromatic carbocycles. The Morgan fingerprint density at radius 1 is 1.10 bits per heavy atom. The zero-order valence-electron chi connectivity index (χ0n) is 11.2. The first-order valence-electron chi connectivity index (χ1n) is 6.23. The number of carbonyl (C=O) groups is 1. The van der Waals surface area contributed by atoms with Crippen LogP contribution in [0.1, 0.15) is 10.4 Å². The van der Waals surface area contributed by atoms with E-state index >= 15 is 0 Å². The van der Waals surface area contributed by atoms with Gasteiger partial charge in [-0.15, -0.1) is 0 Å². The molecular formula is C15H16N2O3. The number of pyridine rings is 1. The van der Waals surface area contributed by atoms with Gasteiger partial charge in [0, 0.05) is 30.8 Å². The number of rotatable bonds is 6. The topological polar surface area (TPSA) is 60.5 Å². The molecule has 0 aliphatic carbocycles. The van der Waals surface area contributed by atoms with Crippen molar-refractivity contribution in [1.29, 1.82) is 0 Å². The second-order valence-electron chi connectivity index (χ2n) is 4.06. The maximum atomic E-state index is 11.9. The van der Waals surface area contributed by atoms with Crippen LogP contribution in [0.3, 0.4) is 0 Å². The van der Waals surface area contributed by atoms with Crippen molar-refractivity contribution in [2.45, 2.75) is 0 Å². The number of aromatic nitrogens is 1. The van der Waals surface area contributed by atoms with E-state index in [-0.39, 0.29) is 5.91 Å². The fraction of sp³-hybridized carbons (Fsp3) is 0.200. The van der Waals surface area contributed by atoms with E-state index in [0.717, 1.165) is 5.75 Å². The highest BCUT2D eigenvalue weighted by Gasteiger charge is 2.05. The Balaban J connectivity index is 1.92. The van der Waals surface area contributed by atoms with Crippen LogP contribution in [-0.2, 0) is 4.74 Å². The summed E-state index contributed by atoms with van der Waals surface area (Å²) in [5.41, 5.74) is 1.28. The minimum absolute atomic E-state index is 0.166. The second kappa shape index (κ2) is 7.25. The van der Waals surface area contributed by atoms with Crippen molar-refractivity contribution in [3.8, 4) is 5.75 Å². The van der Waals surface area contributed by atoms with E-state index < -0.39 is 0 Å². The van der Waals surface area contributed by atoms with Crippen LogP contribution in [0.15, 0.2) is 48.8 Å². The smallest absolute Gasteiger partial charge is 0.255 e. The largest absolute Gasteiger partial charge is 0.491 e. The Hall–Kier alpha value is -2.40. The van der Waals surface area contributed by atoms with Crippen molar-refractivity contribution < 1.29 is 14.3 Å². The molecule has 2 aromatic rings. The monoisotopic (exact) mass is 272 g/mol. The lowest BCUT2D eigenvalue weighted by atomic mass is 10.2. The van der Waals surface area contributed by atoms with Crippen LogP contribution in [0.5, 0.6) is 5.75 Å². The van der Waals surface area contributed by atoms with Gasteiger partial charge in [-0.3, -0.25) is 9.78 Å². The molecule has 0 fully saturated rings. The molecule has 0 saturated carbocycles. The predicted octanol–water partition coefficient (Wildman–Crippen LogP) is 2.36. The van der Waals surface area contributed by atoms with E-state index in [4.69, 9.17) is 9.47 Å². The van der Waals surface area contributed by atoms with E-state index in [1.165, 1.54) is 0 Å². The van der Waals surface area contributed by atoms with E-state index in [1.807, 2.05) is 0 Å². The van der Waals surface area contributed by atoms with Gasteiger partial charge in [0.25, 0.3) is 5.91 Å². The molecule has 0 aliphatic rings. The highest BCUT2D eigenvalue weighted by atomic mass is 16.5. The Morgan fingerprint density at radius 3 is 2.45 bits per heavy atom. The van der Waals surface area contributed by atoms with E-state index in [9.17, 15) is 4.79 Å². The summed E-state index contributed by atoms with van der Waals surface area (Å²) in [6, 6.07) is 10.5. The van der Waals surface area contributed by atoms with Crippen LogP contribution < -0.4 is 10.1 Å². The van der Waals surface area contributed by atoms with E-state index in [2.05, 4.69) is 10.3 Å². The maximum Gasteiger partial charge on any atom is 0.255 e. The standard InChI is InChI=1S/C15H16N2O3/c1-19-10-11-20-14-4-2-13(3-5-14)17-15(18)12-6-8-16-9-7-12/h2-9H,10-11H2,1H3,(H,17,18). The summed E-state index contributed by atoms with van der Waals surface area (Å²) in [7, 11) is 1.63. The zero-order valence-corrected chi connectivity index (χ0v) is 11.2. The molecule has 1 heterocycles. The summed E-state index contributed by atoms with van der Waals surface area (Å²) in [6.45, 7) is 1.04.